The lowest BCUT2D eigenvalue weighted by molar-refractivity contribution is 0.692. The monoisotopic (exact) mass is 293 g/mol. The number of nitrogens with zero attached hydrogens (tertiary/aromatic N) is 4. The van der Waals surface area contributed by atoms with Gasteiger partial charge in [0.15, 0.2) is 4.96 Å². The smallest absolute Gasteiger partial charge is 0.194 e. The van der Waals surface area contributed by atoms with Gasteiger partial charge in [0.1, 0.15) is 10.1 Å². The number of imidazole rings is 1. The second kappa shape index (κ2) is 4.99. The summed E-state index contributed by atoms with van der Waals surface area (Å²) < 4.78 is 4.02. The van der Waals surface area contributed by atoms with Gasteiger partial charge in [-0.3, -0.25) is 9.08 Å². The Kier molecular flexibility index (Phi) is 3.34. The molecule has 0 saturated carbocycles. The molecule has 0 saturated heterocycles. The van der Waals surface area contributed by atoms with Gasteiger partial charge in [-0.2, -0.15) is 5.10 Å². The van der Waals surface area contributed by atoms with Crippen LogP contribution in [0.1, 0.15) is 11.4 Å². The highest BCUT2D eigenvalue weighted by Gasteiger charge is 2.15. The molecule has 19 heavy (non-hydrogen) atoms. The van der Waals surface area contributed by atoms with Crippen molar-refractivity contribution in [1.82, 2.24) is 19.2 Å². The second-order valence-electron chi connectivity index (χ2n) is 4.31. The van der Waals surface area contributed by atoms with Gasteiger partial charge in [-0.15, -0.1) is 11.3 Å². The SMILES string of the molecule is Cc1cc(Sc2nc3sccn3c2CCN)n(C)n1. The molecule has 7 heteroatoms. The van der Waals surface area contributed by atoms with Crippen LogP contribution in [-0.4, -0.2) is 25.7 Å². The summed E-state index contributed by atoms with van der Waals surface area (Å²) in [6, 6.07) is 2.07. The van der Waals surface area contributed by atoms with Crippen molar-refractivity contribution in [1.29, 1.82) is 0 Å². The first-order valence-electron chi connectivity index (χ1n) is 6.02. The van der Waals surface area contributed by atoms with E-state index in [4.69, 9.17) is 5.73 Å². The third kappa shape index (κ3) is 2.29. The van der Waals surface area contributed by atoms with Crippen molar-refractivity contribution >= 4 is 28.1 Å². The number of fused-ring (bicyclic) bond motifs is 1. The van der Waals surface area contributed by atoms with E-state index in [1.807, 2.05) is 24.0 Å². The molecule has 0 aromatic carbocycles. The van der Waals surface area contributed by atoms with Crippen LogP contribution in [-0.2, 0) is 13.5 Å². The van der Waals surface area contributed by atoms with E-state index in [-0.39, 0.29) is 0 Å². The van der Waals surface area contributed by atoms with E-state index in [0.29, 0.717) is 6.54 Å². The fraction of sp³-hybridized carbons (Fsp3) is 0.333. The standard InChI is InChI=1S/C12H15N5S2/c1-8-7-10(16(2)15-8)19-11-9(3-4-13)17-5-6-18-12(17)14-11/h5-7H,3-4,13H2,1-2H3. The number of thiazole rings is 1. The number of aryl methyl sites for hydroxylation is 2. The molecule has 0 fully saturated rings. The zero-order valence-electron chi connectivity index (χ0n) is 10.8. The molecule has 3 heterocycles. The van der Waals surface area contributed by atoms with Gasteiger partial charge in [0, 0.05) is 25.0 Å². The summed E-state index contributed by atoms with van der Waals surface area (Å²) in [6.07, 6.45) is 2.88. The predicted octanol–water partition coefficient (Wildman–Crippen LogP) is 2.09. The van der Waals surface area contributed by atoms with E-state index >= 15 is 0 Å². The minimum Gasteiger partial charge on any atom is -0.330 e. The second-order valence-corrected chi connectivity index (χ2v) is 6.19. The molecule has 0 bridgehead atoms. The topological polar surface area (TPSA) is 61.1 Å². The molecule has 0 amide bonds. The van der Waals surface area contributed by atoms with Gasteiger partial charge in [0.2, 0.25) is 0 Å². The number of aromatic nitrogens is 4. The Balaban J connectivity index is 2.01. The van der Waals surface area contributed by atoms with E-state index in [0.717, 1.165) is 27.1 Å². The summed E-state index contributed by atoms with van der Waals surface area (Å²) in [5.74, 6) is 0. The molecular formula is C12H15N5S2. The number of nitrogens with two attached hydrogens (primary N) is 1. The Morgan fingerprint density at radius 2 is 2.32 bits per heavy atom. The summed E-state index contributed by atoms with van der Waals surface area (Å²) in [5.41, 5.74) is 7.91. The Labute approximate surface area is 119 Å². The molecule has 0 radical (unpaired) electrons. The maximum atomic E-state index is 5.71. The fourth-order valence-electron chi connectivity index (χ4n) is 2.04. The molecule has 3 rings (SSSR count). The van der Waals surface area contributed by atoms with Crippen LogP contribution in [0.5, 0.6) is 0 Å². The molecule has 3 aromatic heterocycles. The Morgan fingerprint density at radius 1 is 1.47 bits per heavy atom. The van der Waals surface area contributed by atoms with Gasteiger partial charge in [0.05, 0.1) is 11.4 Å². The minimum absolute atomic E-state index is 0.627. The quantitative estimate of drug-likeness (QED) is 0.800. The Morgan fingerprint density at radius 3 is 3.00 bits per heavy atom. The van der Waals surface area contributed by atoms with Crippen molar-refractivity contribution in [2.24, 2.45) is 12.8 Å². The van der Waals surface area contributed by atoms with Gasteiger partial charge in [-0.25, -0.2) is 4.98 Å². The molecule has 0 aliphatic rings. The van der Waals surface area contributed by atoms with Gasteiger partial charge in [0.25, 0.3) is 0 Å². The van der Waals surface area contributed by atoms with Crippen LogP contribution >= 0.6 is 23.1 Å². The molecule has 0 atom stereocenters. The van der Waals surface area contributed by atoms with Crippen LogP contribution in [0.15, 0.2) is 27.7 Å². The van der Waals surface area contributed by atoms with E-state index in [9.17, 15) is 0 Å². The van der Waals surface area contributed by atoms with Crippen LogP contribution in [0.3, 0.4) is 0 Å². The summed E-state index contributed by atoms with van der Waals surface area (Å²) in [7, 11) is 1.95. The zero-order chi connectivity index (χ0) is 13.4. The summed E-state index contributed by atoms with van der Waals surface area (Å²) >= 11 is 3.30. The first-order valence-corrected chi connectivity index (χ1v) is 7.71. The van der Waals surface area contributed by atoms with Gasteiger partial charge in [-0.05, 0) is 31.3 Å². The molecule has 3 aromatic rings. The number of rotatable bonds is 4. The lowest BCUT2D eigenvalue weighted by Gasteiger charge is -2.02. The van der Waals surface area contributed by atoms with Crippen molar-refractivity contribution in [3.05, 3.63) is 29.0 Å². The normalized spacial score (nSPS) is 11.5. The molecule has 0 unspecified atom stereocenters. The van der Waals surface area contributed by atoms with Crippen molar-refractivity contribution in [2.45, 2.75) is 23.4 Å². The summed E-state index contributed by atoms with van der Waals surface area (Å²) in [4.78, 5) is 5.70. The molecule has 100 valence electrons. The molecule has 2 N–H and O–H groups in total. The summed E-state index contributed by atoms with van der Waals surface area (Å²) in [6.45, 7) is 2.62. The highest BCUT2D eigenvalue weighted by Crippen LogP contribution is 2.32. The van der Waals surface area contributed by atoms with Crippen molar-refractivity contribution in [2.75, 3.05) is 6.54 Å². The zero-order valence-corrected chi connectivity index (χ0v) is 12.5. The van der Waals surface area contributed by atoms with Crippen LogP contribution in [0.25, 0.3) is 4.96 Å². The molecule has 0 spiro atoms. The highest BCUT2D eigenvalue weighted by molar-refractivity contribution is 7.99. The first kappa shape index (κ1) is 12.7. The van der Waals surface area contributed by atoms with Crippen LogP contribution in [0, 0.1) is 6.92 Å². The predicted molar refractivity (Wildman–Crippen MR) is 77.9 cm³/mol. The fourth-order valence-corrected chi connectivity index (χ4v) is 3.88. The highest BCUT2D eigenvalue weighted by atomic mass is 32.2. The van der Waals surface area contributed by atoms with E-state index in [1.165, 1.54) is 5.69 Å². The van der Waals surface area contributed by atoms with Crippen LogP contribution in [0.4, 0.5) is 0 Å². The van der Waals surface area contributed by atoms with Crippen molar-refractivity contribution < 1.29 is 0 Å². The average Bonchev–Trinajstić information content (AvgIpc) is 2.99. The Bertz CT molecular complexity index is 709. The average molecular weight is 293 g/mol. The maximum absolute atomic E-state index is 5.71. The first-order chi connectivity index (χ1) is 9.19. The molecule has 0 aliphatic carbocycles. The van der Waals surface area contributed by atoms with Crippen molar-refractivity contribution in [3.63, 3.8) is 0 Å². The van der Waals surface area contributed by atoms with Gasteiger partial charge < -0.3 is 5.73 Å². The number of hydrogen-bond donors (Lipinski definition) is 1. The van der Waals surface area contributed by atoms with E-state index in [2.05, 4.69) is 26.7 Å². The lowest BCUT2D eigenvalue weighted by Crippen LogP contribution is -2.05. The largest absolute Gasteiger partial charge is 0.330 e. The third-order valence-electron chi connectivity index (χ3n) is 2.87. The molecule has 5 nitrogen and oxygen atoms in total. The maximum Gasteiger partial charge on any atom is 0.194 e. The molecule has 0 aliphatic heterocycles. The minimum atomic E-state index is 0.627. The number of hydrogen-bond acceptors (Lipinski definition) is 5. The van der Waals surface area contributed by atoms with Gasteiger partial charge >= 0.3 is 0 Å². The van der Waals surface area contributed by atoms with Crippen LogP contribution < -0.4 is 5.73 Å². The molecular weight excluding hydrogens is 278 g/mol. The van der Waals surface area contributed by atoms with E-state index in [1.54, 1.807) is 23.1 Å². The lowest BCUT2D eigenvalue weighted by atomic mass is 10.3. The van der Waals surface area contributed by atoms with Gasteiger partial charge in [-0.1, -0.05) is 0 Å². The Hall–Kier alpha value is -1.31. The van der Waals surface area contributed by atoms with Crippen molar-refractivity contribution in [3.8, 4) is 0 Å². The van der Waals surface area contributed by atoms with E-state index < -0.39 is 0 Å². The van der Waals surface area contributed by atoms with Crippen LogP contribution in [0.2, 0.25) is 0 Å². The summed E-state index contributed by atoms with van der Waals surface area (Å²) in [5, 5.41) is 8.54. The third-order valence-corrected chi connectivity index (χ3v) is 4.73.